The smallest absolute Gasteiger partial charge is 0.255 e. The average Bonchev–Trinajstić information content (AvgIpc) is 3.39. The van der Waals surface area contributed by atoms with Gasteiger partial charge in [-0.25, -0.2) is 0 Å². The molecular weight excluding hydrogens is 452 g/mol. The molecule has 0 bridgehead atoms. The molecule has 5 rings (SSSR count). The van der Waals surface area contributed by atoms with Crippen molar-refractivity contribution in [3.05, 3.63) is 89.5 Å². The van der Waals surface area contributed by atoms with E-state index in [-0.39, 0.29) is 18.4 Å². The normalized spacial score (nSPS) is 14.9. The van der Waals surface area contributed by atoms with Crippen molar-refractivity contribution in [3.8, 4) is 17.0 Å². The van der Waals surface area contributed by atoms with E-state index in [1.165, 1.54) is 0 Å². The summed E-state index contributed by atoms with van der Waals surface area (Å²) in [7, 11) is 5.56. The number of fused-ring (bicyclic) bond motifs is 2. The third-order valence-electron chi connectivity index (χ3n) is 6.63. The molecule has 0 fully saturated rings. The molecule has 1 unspecified atom stereocenters. The van der Waals surface area contributed by atoms with E-state index in [0.717, 1.165) is 45.6 Å². The zero-order valence-corrected chi connectivity index (χ0v) is 20.7. The SMILES string of the molecule is COc1cccc(-c2[nH]c3ccccc3c2C2c3ccccc3C(=O)N2CC(=O)NCCN(C)C)c1. The van der Waals surface area contributed by atoms with E-state index in [1.807, 2.05) is 85.7 Å². The number of amides is 2. The first-order chi connectivity index (χ1) is 17.5. The second-order valence-corrected chi connectivity index (χ2v) is 9.27. The van der Waals surface area contributed by atoms with Crippen LogP contribution in [0.4, 0.5) is 0 Å². The number of likely N-dealkylation sites (N-methyl/N-ethyl adjacent to an activating group) is 1. The molecule has 3 aromatic carbocycles. The van der Waals surface area contributed by atoms with Crippen LogP contribution in [0, 0.1) is 0 Å². The number of methoxy groups -OCH3 is 1. The number of carbonyl (C=O) groups is 2. The van der Waals surface area contributed by atoms with Crippen LogP contribution < -0.4 is 10.1 Å². The number of ether oxygens (including phenoxy) is 1. The Morgan fingerprint density at radius 2 is 1.83 bits per heavy atom. The van der Waals surface area contributed by atoms with Crippen LogP contribution in [-0.2, 0) is 4.79 Å². The number of hydrogen-bond acceptors (Lipinski definition) is 4. The summed E-state index contributed by atoms with van der Waals surface area (Å²) < 4.78 is 5.48. The van der Waals surface area contributed by atoms with Crippen LogP contribution in [0.3, 0.4) is 0 Å². The molecule has 0 saturated heterocycles. The molecule has 2 heterocycles. The lowest BCUT2D eigenvalue weighted by Gasteiger charge is -2.26. The number of carbonyl (C=O) groups excluding carboxylic acids is 2. The third kappa shape index (κ3) is 4.33. The van der Waals surface area contributed by atoms with Gasteiger partial charge in [-0.1, -0.05) is 48.5 Å². The Hall–Kier alpha value is -4.10. The molecule has 0 aliphatic carbocycles. The lowest BCUT2D eigenvalue weighted by molar-refractivity contribution is -0.122. The Morgan fingerprint density at radius 3 is 2.64 bits per heavy atom. The number of rotatable bonds is 8. The van der Waals surface area contributed by atoms with Crippen molar-refractivity contribution in [2.75, 3.05) is 40.8 Å². The van der Waals surface area contributed by atoms with E-state index in [1.54, 1.807) is 12.0 Å². The number of nitrogens with one attached hydrogen (secondary N) is 2. The quantitative estimate of drug-likeness (QED) is 0.397. The maximum Gasteiger partial charge on any atom is 0.255 e. The number of H-pyrrole nitrogens is 1. The Bertz CT molecular complexity index is 1430. The van der Waals surface area contributed by atoms with Gasteiger partial charge in [-0.3, -0.25) is 9.59 Å². The first-order valence-corrected chi connectivity index (χ1v) is 12.0. The van der Waals surface area contributed by atoms with Gasteiger partial charge >= 0.3 is 0 Å². The molecule has 0 saturated carbocycles. The minimum Gasteiger partial charge on any atom is -0.497 e. The van der Waals surface area contributed by atoms with Crippen molar-refractivity contribution in [2.24, 2.45) is 0 Å². The van der Waals surface area contributed by atoms with Crippen molar-refractivity contribution in [1.29, 1.82) is 0 Å². The van der Waals surface area contributed by atoms with E-state index >= 15 is 0 Å². The van der Waals surface area contributed by atoms with Crippen LogP contribution in [0.2, 0.25) is 0 Å². The van der Waals surface area contributed by atoms with Crippen LogP contribution in [0.5, 0.6) is 5.75 Å². The lowest BCUT2D eigenvalue weighted by Crippen LogP contribution is -2.41. The minimum atomic E-state index is -0.411. The Morgan fingerprint density at radius 1 is 1.06 bits per heavy atom. The second kappa shape index (κ2) is 9.87. The van der Waals surface area contributed by atoms with Gasteiger partial charge in [0.25, 0.3) is 5.91 Å². The van der Waals surface area contributed by atoms with Gasteiger partial charge in [0.2, 0.25) is 5.91 Å². The average molecular weight is 483 g/mol. The molecule has 0 spiro atoms. The molecular formula is C29H30N4O3. The molecule has 7 heteroatoms. The number of benzene rings is 3. The molecule has 184 valence electrons. The summed E-state index contributed by atoms with van der Waals surface area (Å²) in [6.45, 7) is 1.22. The van der Waals surface area contributed by atoms with Crippen LogP contribution in [0.1, 0.15) is 27.5 Å². The molecule has 36 heavy (non-hydrogen) atoms. The van der Waals surface area contributed by atoms with Gasteiger partial charge in [-0.15, -0.1) is 0 Å². The first-order valence-electron chi connectivity index (χ1n) is 12.0. The Labute approximate surface area is 210 Å². The molecule has 2 N–H and O–H groups in total. The Balaban J connectivity index is 1.63. The summed E-state index contributed by atoms with van der Waals surface area (Å²) in [5, 5.41) is 3.97. The van der Waals surface area contributed by atoms with E-state index in [0.29, 0.717) is 12.1 Å². The molecule has 1 aliphatic heterocycles. The van der Waals surface area contributed by atoms with Gasteiger partial charge < -0.3 is 24.8 Å². The van der Waals surface area contributed by atoms with Gasteiger partial charge in [0.1, 0.15) is 12.3 Å². The molecule has 7 nitrogen and oxygen atoms in total. The van der Waals surface area contributed by atoms with Crippen LogP contribution >= 0.6 is 0 Å². The lowest BCUT2D eigenvalue weighted by atomic mass is 9.93. The predicted molar refractivity (Wildman–Crippen MR) is 141 cm³/mol. The second-order valence-electron chi connectivity index (χ2n) is 9.27. The number of aromatic nitrogens is 1. The first kappa shape index (κ1) is 23.6. The molecule has 1 aliphatic rings. The van der Waals surface area contributed by atoms with Crippen LogP contribution in [-0.4, -0.2) is 67.4 Å². The highest BCUT2D eigenvalue weighted by Crippen LogP contribution is 2.45. The van der Waals surface area contributed by atoms with Gasteiger partial charge in [0.15, 0.2) is 0 Å². The molecule has 0 radical (unpaired) electrons. The van der Waals surface area contributed by atoms with Crippen molar-refractivity contribution in [3.63, 3.8) is 0 Å². The van der Waals surface area contributed by atoms with Gasteiger partial charge in [0, 0.05) is 40.7 Å². The number of para-hydroxylation sites is 1. The molecule has 1 aromatic heterocycles. The summed E-state index contributed by atoms with van der Waals surface area (Å²) in [4.78, 5) is 33.8. The number of aromatic amines is 1. The highest BCUT2D eigenvalue weighted by Gasteiger charge is 2.40. The molecule has 1 atom stereocenters. The highest BCUT2D eigenvalue weighted by atomic mass is 16.5. The largest absolute Gasteiger partial charge is 0.497 e. The van der Waals surface area contributed by atoms with Gasteiger partial charge in [-0.2, -0.15) is 0 Å². The molecule has 4 aromatic rings. The molecule has 2 amide bonds. The number of hydrogen-bond donors (Lipinski definition) is 2. The maximum atomic E-state index is 13.6. The van der Waals surface area contributed by atoms with Gasteiger partial charge in [-0.05, 0) is 43.9 Å². The van der Waals surface area contributed by atoms with Gasteiger partial charge in [0.05, 0.1) is 18.8 Å². The maximum absolute atomic E-state index is 13.6. The standard InChI is InChI=1S/C29H30N4O3/c1-32(2)16-15-30-25(34)18-33-28(21-11-4-5-12-22(21)29(33)35)26-23-13-6-7-14-24(23)31-27(26)19-9-8-10-20(17-19)36-3/h4-14,17,28,31H,15-16,18H2,1-3H3,(H,30,34). The van der Waals surface area contributed by atoms with E-state index in [9.17, 15) is 9.59 Å². The fourth-order valence-electron chi connectivity index (χ4n) is 4.93. The van der Waals surface area contributed by atoms with E-state index < -0.39 is 6.04 Å². The summed E-state index contributed by atoms with van der Waals surface area (Å²) in [5.74, 6) is 0.433. The zero-order valence-electron chi connectivity index (χ0n) is 20.7. The number of nitrogens with zero attached hydrogens (tertiary/aromatic N) is 2. The van der Waals surface area contributed by atoms with Crippen molar-refractivity contribution in [2.45, 2.75) is 6.04 Å². The topological polar surface area (TPSA) is 77.7 Å². The Kier molecular flexibility index (Phi) is 6.48. The van der Waals surface area contributed by atoms with E-state index in [4.69, 9.17) is 4.74 Å². The fourth-order valence-corrected chi connectivity index (χ4v) is 4.93. The zero-order chi connectivity index (χ0) is 25.2. The summed E-state index contributed by atoms with van der Waals surface area (Å²) in [6.07, 6.45) is 0. The fraction of sp³-hybridized carbons (Fsp3) is 0.241. The van der Waals surface area contributed by atoms with Crippen LogP contribution in [0.25, 0.3) is 22.2 Å². The summed E-state index contributed by atoms with van der Waals surface area (Å²) in [6, 6.07) is 23.2. The van der Waals surface area contributed by atoms with Crippen LogP contribution in [0.15, 0.2) is 72.8 Å². The summed E-state index contributed by atoms with van der Waals surface area (Å²) >= 11 is 0. The summed E-state index contributed by atoms with van der Waals surface area (Å²) in [5.41, 5.74) is 5.33. The monoisotopic (exact) mass is 482 g/mol. The minimum absolute atomic E-state index is 0.0251. The third-order valence-corrected chi connectivity index (χ3v) is 6.63. The van der Waals surface area contributed by atoms with Crippen molar-refractivity contribution in [1.82, 2.24) is 20.1 Å². The predicted octanol–water partition coefficient (Wildman–Crippen LogP) is 4.07. The van der Waals surface area contributed by atoms with E-state index in [2.05, 4.69) is 16.4 Å². The van der Waals surface area contributed by atoms with Crippen molar-refractivity contribution < 1.29 is 14.3 Å². The van der Waals surface area contributed by atoms with Crippen molar-refractivity contribution >= 4 is 22.7 Å². The highest BCUT2D eigenvalue weighted by molar-refractivity contribution is 6.03.